The third-order valence-electron chi connectivity index (χ3n) is 5.74. The van der Waals surface area contributed by atoms with Gasteiger partial charge in [-0.15, -0.1) is 0 Å². The van der Waals surface area contributed by atoms with Gasteiger partial charge in [-0.1, -0.05) is 82.6 Å². The molecule has 31 heavy (non-hydrogen) atoms. The number of benzene rings is 2. The van der Waals surface area contributed by atoms with Gasteiger partial charge in [0.1, 0.15) is 11.5 Å². The molecular formula is C27H38O4. The molecule has 0 unspecified atom stereocenters. The Kier molecular flexibility index (Phi) is 11.6. The minimum atomic E-state index is -0.165. The summed E-state index contributed by atoms with van der Waals surface area (Å²) in [5.41, 5.74) is 2.05. The van der Waals surface area contributed by atoms with E-state index in [2.05, 4.69) is 6.92 Å². The fraction of sp³-hybridized carbons (Fsp3) is 0.519. The van der Waals surface area contributed by atoms with Crippen LogP contribution in [0, 0.1) is 0 Å². The number of carbonyl (C=O) groups is 1. The van der Waals surface area contributed by atoms with Crippen molar-refractivity contribution in [2.45, 2.75) is 83.5 Å². The number of phenolic OH excluding ortho intramolecular Hbond substituents is 2. The van der Waals surface area contributed by atoms with Crippen LogP contribution < -0.4 is 0 Å². The van der Waals surface area contributed by atoms with Crippen molar-refractivity contribution in [1.29, 1.82) is 0 Å². The highest BCUT2D eigenvalue weighted by atomic mass is 16.5. The highest BCUT2D eigenvalue weighted by Gasteiger charge is 2.17. The molecule has 2 N–H and O–H groups in total. The predicted molar refractivity (Wildman–Crippen MR) is 125 cm³/mol. The monoisotopic (exact) mass is 426 g/mol. The summed E-state index contributed by atoms with van der Waals surface area (Å²) in [6, 6.07) is 14.1. The lowest BCUT2D eigenvalue weighted by Crippen LogP contribution is -2.09. The highest BCUT2D eigenvalue weighted by molar-refractivity contribution is 5.69. The van der Waals surface area contributed by atoms with Crippen LogP contribution in [0.5, 0.6) is 11.5 Å². The Labute approximate surface area is 187 Å². The maximum absolute atomic E-state index is 12.3. The smallest absolute Gasteiger partial charge is 0.305 e. The van der Waals surface area contributed by atoms with Gasteiger partial charge in [0.05, 0.1) is 6.61 Å². The number of rotatable bonds is 15. The first-order valence-corrected chi connectivity index (χ1v) is 11.8. The van der Waals surface area contributed by atoms with Crippen LogP contribution in [-0.4, -0.2) is 22.8 Å². The van der Waals surface area contributed by atoms with Gasteiger partial charge in [0.2, 0.25) is 0 Å². The first kappa shape index (κ1) is 24.8. The molecule has 2 aromatic rings. The first-order valence-electron chi connectivity index (χ1n) is 11.8. The van der Waals surface area contributed by atoms with E-state index in [0.29, 0.717) is 19.4 Å². The van der Waals surface area contributed by atoms with Crippen molar-refractivity contribution in [3.63, 3.8) is 0 Å². The standard InChI is InChI=1S/C27H38O4/c1-2-3-4-5-6-7-8-9-10-21-31-27(30)20-19-26(22-11-15-24(28)16-12-22)23-13-17-25(29)18-14-23/h11-18,26,28-29H,2-10,19-21H2,1H3. The fourth-order valence-electron chi connectivity index (χ4n) is 3.87. The van der Waals surface area contributed by atoms with E-state index in [-0.39, 0.29) is 23.4 Å². The summed E-state index contributed by atoms with van der Waals surface area (Å²) in [6.45, 7) is 2.74. The van der Waals surface area contributed by atoms with E-state index in [1.807, 2.05) is 24.3 Å². The van der Waals surface area contributed by atoms with E-state index in [1.54, 1.807) is 24.3 Å². The molecule has 4 nitrogen and oxygen atoms in total. The van der Waals surface area contributed by atoms with Crippen molar-refractivity contribution in [2.75, 3.05) is 6.61 Å². The highest BCUT2D eigenvalue weighted by Crippen LogP contribution is 2.31. The Hall–Kier alpha value is -2.49. The molecule has 0 atom stereocenters. The molecule has 2 rings (SSSR count). The average molecular weight is 427 g/mol. The van der Waals surface area contributed by atoms with Crippen LogP contribution in [0.25, 0.3) is 0 Å². The van der Waals surface area contributed by atoms with E-state index in [4.69, 9.17) is 4.74 Å². The van der Waals surface area contributed by atoms with Crippen molar-refractivity contribution < 1.29 is 19.7 Å². The number of hydrogen-bond acceptors (Lipinski definition) is 4. The van der Waals surface area contributed by atoms with Crippen LogP contribution in [0.1, 0.15) is 94.6 Å². The largest absolute Gasteiger partial charge is 0.508 e. The van der Waals surface area contributed by atoms with Gasteiger partial charge in [-0.2, -0.15) is 0 Å². The molecule has 0 aliphatic heterocycles. The average Bonchev–Trinajstić information content (AvgIpc) is 2.77. The molecule has 0 aliphatic rings. The second-order valence-electron chi connectivity index (χ2n) is 8.32. The van der Waals surface area contributed by atoms with Crippen LogP contribution in [-0.2, 0) is 9.53 Å². The Morgan fingerprint density at radius 2 is 1.19 bits per heavy atom. The molecular weight excluding hydrogens is 388 g/mol. The van der Waals surface area contributed by atoms with Crippen LogP contribution >= 0.6 is 0 Å². The van der Waals surface area contributed by atoms with E-state index in [1.165, 1.54) is 44.9 Å². The second kappa shape index (κ2) is 14.5. The zero-order valence-electron chi connectivity index (χ0n) is 18.9. The molecule has 170 valence electrons. The molecule has 4 heteroatoms. The number of unbranched alkanes of at least 4 members (excludes halogenated alkanes) is 8. The SMILES string of the molecule is CCCCCCCCCCCOC(=O)CCC(c1ccc(O)cc1)c1ccc(O)cc1. The number of carbonyl (C=O) groups excluding carboxylic acids is 1. The van der Waals surface area contributed by atoms with Gasteiger partial charge >= 0.3 is 5.97 Å². The van der Waals surface area contributed by atoms with Crippen molar-refractivity contribution in [3.8, 4) is 11.5 Å². The molecule has 2 aromatic carbocycles. The molecule has 0 aliphatic carbocycles. The van der Waals surface area contributed by atoms with Gasteiger partial charge < -0.3 is 14.9 Å². The van der Waals surface area contributed by atoms with Crippen molar-refractivity contribution in [2.24, 2.45) is 0 Å². The van der Waals surface area contributed by atoms with Gasteiger partial charge in [-0.3, -0.25) is 4.79 Å². The lowest BCUT2D eigenvalue weighted by Gasteiger charge is -2.18. The minimum Gasteiger partial charge on any atom is -0.508 e. The first-order chi connectivity index (χ1) is 15.1. The summed E-state index contributed by atoms with van der Waals surface area (Å²) in [5.74, 6) is 0.269. The number of aromatic hydroxyl groups is 2. The predicted octanol–water partition coefficient (Wildman–Crippen LogP) is 7.08. The van der Waals surface area contributed by atoms with Crippen LogP contribution in [0.2, 0.25) is 0 Å². The molecule has 0 aromatic heterocycles. The minimum absolute atomic E-state index is 0.00135. The van der Waals surface area contributed by atoms with E-state index >= 15 is 0 Å². The maximum atomic E-state index is 12.3. The Morgan fingerprint density at radius 1 is 0.742 bits per heavy atom. The van der Waals surface area contributed by atoms with Crippen molar-refractivity contribution in [1.82, 2.24) is 0 Å². The summed E-state index contributed by atoms with van der Waals surface area (Å²) in [6.07, 6.45) is 12.1. The normalized spacial score (nSPS) is 11.0. The molecule has 0 radical (unpaired) electrons. The summed E-state index contributed by atoms with van der Waals surface area (Å²) in [5, 5.41) is 19.2. The summed E-state index contributed by atoms with van der Waals surface area (Å²) < 4.78 is 5.44. The van der Waals surface area contributed by atoms with E-state index < -0.39 is 0 Å². The van der Waals surface area contributed by atoms with E-state index in [9.17, 15) is 15.0 Å². The molecule has 0 amide bonds. The van der Waals surface area contributed by atoms with Crippen molar-refractivity contribution >= 4 is 5.97 Å². The third-order valence-corrected chi connectivity index (χ3v) is 5.74. The zero-order valence-corrected chi connectivity index (χ0v) is 18.9. The van der Waals surface area contributed by atoms with Gasteiger partial charge in [-0.25, -0.2) is 0 Å². The van der Waals surface area contributed by atoms with Crippen LogP contribution in [0.3, 0.4) is 0 Å². The lowest BCUT2D eigenvalue weighted by atomic mass is 9.87. The second-order valence-corrected chi connectivity index (χ2v) is 8.32. The van der Waals surface area contributed by atoms with Crippen LogP contribution in [0.15, 0.2) is 48.5 Å². The summed E-state index contributed by atoms with van der Waals surface area (Å²) in [7, 11) is 0. The van der Waals surface area contributed by atoms with E-state index in [0.717, 1.165) is 24.0 Å². The van der Waals surface area contributed by atoms with Crippen LogP contribution in [0.4, 0.5) is 0 Å². The molecule has 0 fully saturated rings. The summed E-state index contributed by atoms with van der Waals surface area (Å²) in [4.78, 5) is 12.3. The molecule has 0 spiro atoms. The Balaban J connectivity index is 1.71. The number of phenols is 2. The number of hydrogen-bond donors (Lipinski definition) is 2. The third kappa shape index (κ3) is 9.91. The Morgan fingerprint density at radius 3 is 1.68 bits per heavy atom. The topological polar surface area (TPSA) is 66.8 Å². The summed E-state index contributed by atoms with van der Waals surface area (Å²) >= 11 is 0. The molecule has 0 saturated heterocycles. The zero-order chi connectivity index (χ0) is 22.3. The van der Waals surface area contributed by atoms with Gasteiger partial charge in [0.25, 0.3) is 0 Å². The van der Waals surface area contributed by atoms with Crippen molar-refractivity contribution in [3.05, 3.63) is 59.7 Å². The quantitative estimate of drug-likeness (QED) is 0.236. The molecule has 0 bridgehead atoms. The Bertz CT molecular complexity index is 691. The number of ether oxygens (including phenoxy) is 1. The molecule has 0 saturated carbocycles. The van der Waals surface area contributed by atoms with Gasteiger partial charge in [0.15, 0.2) is 0 Å². The molecule has 0 heterocycles. The fourth-order valence-corrected chi connectivity index (χ4v) is 3.87. The maximum Gasteiger partial charge on any atom is 0.305 e. The van der Waals surface area contributed by atoms with Gasteiger partial charge in [-0.05, 0) is 48.2 Å². The lowest BCUT2D eigenvalue weighted by molar-refractivity contribution is -0.143. The number of esters is 1. The van der Waals surface area contributed by atoms with Gasteiger partial charge in [0, 0.05) is 12.3 Å².